The van der Waals surface area contributed by atoms with Gasteiger partial charge in [-0.05, 0) is 35.7 Å². The van der Waals surface area contributed by atoms with Crippen LogP contribution >= 0.6 is 11.6 Å². The molecule has 1 atom stereocenters. The minimum atomic E-state index is -0.174. The molecule has 0 bridgehead atoms. The summed E-state index contributed by atoms with van der Waals surface area (Å²) < 4.78 is 0. The number of benzene rings is 3. The lowest BCUT2D eigenvalue weighted by Crippen LogP contribution is -2.37. The monoisotopic (exact) mass is 378 g/mol. The Bertz CT molecular complexity index is 811. The van der Waals surface area contributed by atoms with E-state index in [0.717, 1.165) is 16.7 Å². The van der Waals surface area contributed by atoms with Crippen molar-refractivity contribution in [2.75, 3.05) is 6.54 Å². The van der Waals surface area contributed by atoms with E-state index in [1.807, 2.05) is 91.9 Å². The molecule has 3 aromatic carbocycles. The fraction of sp³-hybridized carbons (Fsp3) is 0.174. The number of nitrogens with one attached hydrogen (secondary N) is 2. The van der Waals surface area contributed by atoms with Gasteiger partial charge in [-0.25, -0.2) is 0 Å². The second-order valence-electron chi connectivity index (χ2n) is 6.48. The summed E-state index contributed by atoms with van der Waals surface area (Å²) in [6.07, 6.45) is 0. The minimum absolute atomic E-state index is 0.0477. The molecule has 0 aliphatic rings. The number of halogens is 1. The quantitative estimate of drug-likeness (QED) is 0.614. The van der Waals surface area contributed by atoms with E-state index in [2.05, 4.69) is 10.6 Å². The van der Waals surface area contributed by atoms with Gasteiger partial charge in [0.1, 0.15) is 0 Å². The van der Waals surface area contributed by atoms with Gasteiger partial charge in [-0.1, -0.05) is 84.4 Å². The fourth-order valence-corrected chi connectivity index (χ4v) is 3.10. The number of hydrogen-bond acceptors (Lipinski definition) is 2. The zero-order chi connectivity index (χ0) is 19.1. The molecule has 3 aromatic rings. The van der Waals surface area contributed by atoms with Crippen LogP contribution in [0, 0.1) is 0 Å². The first-order valence-electron chi connectivity index (χ1n) is 9.01. The maximum absolute atomic E-state index is 12.6. The van der Waals surface area contributed by atoms with Crippen LogP contribution in [0.4, 0.5) is 0 Å². The normalized spacial score (nSPS) is 12.0. The first-order chi connectivity index (χ1) is 13.1. The maximum atomic E-state index is 12.6. The standard InChI is InChI=1S/C23H23ClN2O/c1-17(18-12-14-21(24)15-13-18)25-16-22(27)26-23(19-8-4-2-5-9-19)20-10-6-3-7-11-20/h2-15,17,23,25H,16H2,1H3,(H,26,27)/t17-/m1/s1. The van der Waals surface area contributed by atoms with Gasteiger partial charge in [-0.15, -0.1) is 0 Å². The first-order valence-corrected chi connectivity index (χ1v) is 9.39. The molecule has 2 N–H and O–H groups in total. The van der Waals surface area contributed by atoms with Crippen molar-refractivity contribution >= 4 is 17.5 Å². The van der Waals surface area contributed by atoms with E-state index in [-0.39, 0.29) is 24.5 Å². The van der Waals surface area contributed by atoms with Gasteiger partial charge in [0, 0.05) is 11.1 Å². The average Bonchev–Trinajstić information content (AvgIpc) is 2.72. The van der Waals surface area contributed by atoms with E-state index in [1.165, 1.54) is 0 Å². The molecule has 0 saturated carbocycles. The highest BCUT2D eigenvalue weighted by Crippen LogP contribution is 2.21. The summed E-state index contributed by atoms with van der Waals surface area (Å²) in [5.41, 5.74) is 3.21. The number of amides is 1. The summed E-state index contributed by atoms with van der Waals surface area (Å²) in [7, 11) is 0. The van der Waals surface area contributed by atoms with Crippen LogP contribution in [0.2, 0.25) is 5.02 Å². The summed E-state index contributed by atoms with van der Waals surface area (Å²) >= 11 is 5.93. The van der Waals surface area contributed by atoms with Crippen molar-refractivity contribution in [2.24, 2.45) is 0 Å². The molecule has 0 aromatic heterocycles. The van der Waals surface area contributed by atoms with Crippen LogP contribution in [0.15, 0.2) is 84.9 Å². The summed E-state index contributed by atoms with van der Waals surface area (Å²) in [6, 6.07) is 27.5. The minimum Gasteiger partial charge on any atom is -0.344 e. The van der Waals surface area contributed by atoms with Crippen molar-refractivity contribution in [1.82, 2.24) is 10.6 Å². The number of carbonyl (C=O) groups is 1. The third-order valence-corrected chi connectivity index (χ3v) is 4.76. The molecular formula is C23H23ClN2O. The molecule has 3 rings (SSSR count). The number of rotatable bonds is 7. The lowest BCUT2D eigenvalue weighted by Gasteiger charge is -2.21. The Morgan fingerprint density at radius 3 is 1.85 bits per heavy atom. The number of carbonyl (C=O) groups excluding carboxylic acids is 1. The SMILES string of the molecule is C[C@@H](NCC(=O)NC(c1ccccc1)c1ccccc1)c1ccc(Cl)cc1. The molecule has 0 aliphatic carbocycles. The summed E-state index contributed by atoms with van der Waals surface area (Å²) in [5, 5.41) is 7.12. The Labute approximate surface area is 165 Å². The largest absolute Gasteiger partial charge is 0.344 e. The summed E-state index contributed by atoms with van der Waals surface area (Å²) in [6.45, 7) is 2.27. The second kappa shape index (κ2) is 9.36. The first kappa shape index (κ1) is 19.2. The molecule has 0 unspecified atom stereocenters. The van der Waals surface area contributed by atoms with Crippen molar-refractivity contribution in [3.8, 4) is 0 Å². The molecule has 3 nitrogen and oxygen atoms in total. The van der Waals surface area contributed by atoms with Crippen molar-refractivity contribution < 1.29 is 4.79 Å². The van der Waals surface area contributed by atoms with Gasteiger partial charge in [0.15, 0.2) is 0 Å². The summed E-state index contributed by atoms with van der Waals surface area (Å²) in [4.78, 5) is 12.6. The van der Waals surface area contributed by atoms with E-state index < -0.39 is 0 Å². The third-order valence-electron chi connectivity index (χ3n) is 4.51. The molecule has 1 amide bonds. The van der Waals surface area contributed by atoms with Gasteiger partial charge in [-0.3, -0.25) is 4.79 Å². The van der Waals surface area contributed by atoms with E-state index in [0.29, 0.717) is 5.02 Å². The molecule has 0 radical (unpaired) electrons. The van der Waals surface area contributed by atoms with E-state index in [9.17, 15) is 4.79 Å². The van der Waals surface area contributed by atoms with E-state index in [1.54, 1.807) is 0 Å². The average molecular weight is 379 g/mol. The molecule has 4 heteroatoms. The molecule has 138 valence electrons. The smallest absolute Gasteiger partial charge is 0.234 e. The van der Waals surface area contributed by atoms with Crippen molar-refractivity contribution in [2.45, 2.75) is 19.0 Å². The van der Waals surface area contributed by atoms with Gasteiger partial charge in [0.2, 0.25) is 5.91 Å². The molecule has 27 heavy (non-hydrogen) atoms. The molecule has 0 saturated heterocycles. The maximum Gasteiger partial charge on any atom is 0.234 e. The Morgan fingerprint density at radius 1 is 0.815 bits per heavy atom. The third kappa shape index (κ3) is 5.43. The Morgan fingerprint density at radius 2 is 1.33 bits per heavy atom. The van der Waals surface area contributed by atoms with Crippen LogP contribution in [0.25, 0.3) is 0 Å². The van der Waals surface area contributed by atoms with Gasteiger partial charge >= 0.3 is 0 Å². The zero-order valence-electron chi connectivity index (χ0n) is 15.2. The highest BCUT2D eigenvalue weighted by Gasteiger charge is 2.17. The predicted octanol–water partition coefficient (Wildman–Crippen LogP) is 4.90. The Kier molecular flexibility index (Phi) is 6.64. The summed E-state index contributed by atoms with van der Waals surface area (Å²) in [5.74, 6) is -0.0477. The topological polar surface area (TPSA) is 41.1 Å². The molecule has 0 aliphatic heterocycles. The predicted molar refractivity (Wildman–Crippen MR) is 111 cm³/mol. The highest BCUT2D eigenvalue weighted by atomic mass is 35.5. The van der Waals surface area contributed by atoms with Crippen LogP contribution in [0.5, 0.6) is 0 Å². The van der Waals surface area contributed by atoms with Crippen molar-refractivity contribution in [1.29, 1.82) is 0 Å². The molecule has 0 spiro atoms. The zero-order valence-corrected chi connectivity index (χ0v) is 16.0. The van der Waals surface area contributed by atoms with E-state index in [4.69, 9.17) is 11.6 Å². The molecular weight excluding hydrogens is 356 g/mol. The van der Waals surface area contributed by atoms with Crippen LogP contribution in [-0.4, -0.2) is 12.5 Å². The van der Waals surface area contributed by atoms with Crippen LogP contribution in [0.1, 0.15) is 35.7 Å². The highest BCUT2D eigenvalue weighted by molar-refractivity contribution is 6.30. The van der Waals surface area contributed by atoms with Crippen LogP contribution in [-0.2, 0) is 4.79 Å². The lowest BCUT2D eigenvalue weighted by atomic mass is 9.99. The molecule has 0 heterocycles. The second-order valence-corrected chi connectivity index (χ2v) is 6.91. The fourth-order valence-electron chi connectivity index (χ4n) is 2.98. The molecule has 0 fully saturated rings. The van der Waals surface area contributed by atoms with Gasteiger partial charge < -0.3 is 10.6 Å². The van der Waals surface area contributed by atoms with Crippen LogP contribution < -0.4 is 10.6 Å². The van der Waals surface area contributed by atoms with Gasteiger partial charge in [0.25, 0.3) is 0 Å². The van der Waals surface area contributed by atoms with Gasteiger partial charge in [-0.2, -0.15) is 0 Å². The van der Waals surface area contributed by atoms with Crippen molar-refractivity contribution in [3.05, 3.63) is 107 Å². The Hall–Kier alpha value is -2.62. The van der Waals surface area contributed by atoms with Crippen LogP contribution in [0.3, 0.4) is 0 Å². The van der Waals surface area contributed by atoms with Crippen molar-refractivity contribution in [3.63, 3.8) is 0 Å². The number of hydrogen-bond donors (Lipinski definition) is 2. The lowest BCUT2D eigenvalue weighted by molar-refractivity contribution is -0.120. The van der Waals surface area contributed by atoms with Gasteiger partial charge in [0.05, 0.1) is 12.6 Å². The van der Waals surface area contributed by atoms with E-state index >= 15 is 0 Å². The Balaban J connectivity index is 1.65.